The van der Waals surface area contributed by atoms with Crippen LogP contribution in [-0.4, -0.2) is 5.91 Å². The van der Waals surface area contributed by atoms with Crippen molar-refractivity contribution < 1.29 is 9.18 Å². The molecule has 0 radical (unpaired) electrons. The van der Waals surface area contributed by atoms with Crippen molar-refractivity contribution >= 4 is 5.91 Å². The van der Waals surface area contributed by atoms with Crippen LogP contribution in [0.25, 0.3) is 0 Å². The Labute approximate surface area is 123 Å². The monoisotopic (exact) mass is 282 g/mol. The van der Waals surface area contributed by atoms with E-state index in [9.17, 15) is 9.18 Å². The molecule has 2 aromatic carbocycles. The number of hydrogen-bond acceptors (Lipinski definition) is 2. The zero-order valence-electron chi connectivity index (χ0n) is 11.6. The summed E-state index contributed by atoms with van der Waals surface area (Å²) in [5.74, 6) is -0.951. The van der Waals surface area contributed by atoms with Gasteiger partial charge < -0.3 is 5.32 Å². The van der Waals surface area contributed by atoms with E-state index in [0.717, 1.165) is 5.56 Å². The average Bonchev–Trinajstić information content (AvgIpc) is 2.55. The van der Waals surface area contributed by atoms with Crippen LogP contribution >= 0.6 is 0 Å². The smallest absolute Gasteiger partial charge is 0.298 e. The predicted octanol–water partition coefficient (Wildman–Crippen LogP) is 3.25. The van der Waals surface area contributed by atoms with Gasteiger partial charge in [-0.15, -0.1) is 0 Å². The highest BCUT2D eigenvalue weighted by Crippen LogP contribution is 2.26. The van der Waals surface area contributed by atoms with Gasteiger partial charge in [0, 0.05) is 5.56 Å². The van der Waals surface area contributed by atoms with Crippen molar-refractivity contribution in [3.05, 3.63) is 71.8 Å². The van der Waals surface area contributed by atoms with Crippen molar-refractivity contribution in [1.29, 1.82) is 5.26 Å². The number of halogens is 1. The molecule has 0 aliphatic heterocycles. The summed E-state index contributed by atoms with van der Waals surface area (Å²) in [4.78, 5) is 12.2. The summed E-state index contributed by atoms with van der Waals surface area (Å²) in [5.41, 5.74) is -1.81. The van der Waals surface area contributed by atoms with Crippen molar-refractivity contribution in [2.75, 3.05) is 0 Å². The molecule has 0 fully saturated rings. The van der Waals surface area contributed by atoms with Crippen LogP contribution in [-0.2, 0) is 10.5 Å². The van der Waals surface area contributed by atoms with Crippen LogP contribution in [0.3, 0.4) is 0 Å². The lowest BCUT2D eigenvalue weighted by atomic mass is 9.95. The summed E-state index contributed by atoms with van der Waals surface area (Å²) in [6, 6.07) is 18.0. The topological polar surface area (TPSA) is 52.9 Å². The van der Waals surface area contributed by atoms with E-state index < -0.39 is 11.6 Å². The van der Waals surface area contributed by atoms with Gasteiger partial charge in [-0.1, -0.05) is 60.7 Å². The van der Waals surface area contributed by atoms with Crippen molar-refractivity contribution in [3.8, 4) is 6.07 Å². The first-order valence-electron chi connectivity index (χ1n) is 6.59. The van der Waals surface area contributed by atoms with Crippen molar-refractivity contribution in [2.45, 2.75) is 18.6 Å². The van der Waals surface area contributed by atoms with Gasteiger partial charge in [0.05, 0.1) is 6.04 Å². The molecule has 0 aliphatic carbocycles. The molecule has 0 aromatic heterocycles. The van der Waals surface area contributed by atoms with Crippen LogP contribution in [0.2, 0.25) is 0 Å². The standard InChI is InChI=1S/C17H15FN2O/c1-13(14-8-4-2-5-9-14)20-16(21)17(18,12-19)15-10-6-3-7-11-15/h2-11,13H,1H3,(H,20,21). The molecule has 1 amide bonds. The number of carbonyl (C=O) groups is 1. The normalized spacial score (nSPS) is 14.5. The summed E-state index contributed by atoms with van der Waals surface area (Å²) in [5, 5.41) is 11.7. The molecule has 2 rings (SSSR count). The average molecular weight is 282 g/mol. The van der Waals surface area contributed by atoms with E-state index in [0.29, 0.717) is 0 Å². The molecular weight excluding hydrogens is 267 g/mol. The Morgan fingerprint density at radius 2 is 1.67 bits per heavy atom. The Morgan fingerprint density at radius 1 is 1.14 bits per heavy atom. The fourth-order valence-corrected chi connectivity index (χ4v) is 2.04. The number of benzene rings is 2. The summed E-state index contributed by atoms with van der Waals surface area (Å²) >= 11 is 0. The Bertz CT molecular complexity index is 651. The number of alkyl halides is 1. The van der Waals surface area contributed by atoms with Crippen molar-refractivity contribution in [2.24, 2.45) is 0 Å². The Kier molecular flexibility index (Phi) is 4.34. The minimum Gasteiger partial charge on any atom is -0.346 e. The number of rotatable bonds is 4. The van der Waals surface area contributed by atoms with Crippen LogP contribution in [0.1, 0.15) is 24.1 Å². The number of nitrogens with one attached hydrogen (secondary N) is 1. The van der Waals surface area contributed by atoms with E-state index in [1.807, 2.05) is 30.3 Å². The molecule has 0 aliphatic rings. The summed E-state index contributed by atoms with van der Waals surface area (Å²) in [6.45, 7) is 1.75. The van der Waals surface area contributed by atoms with E-state index >= 15 is 0 Å². The molecule has 2 aromatic rings. The highest BCUT2D eigenvalue weighted by molar-refractivity contribution is 5.89. The number of nitriles is 1. The van der Waals surface area contributed by atoms with Gasteiger partial charge in [-0.3, -0.25) is 4.79 Å². The van der Waals surface area contributed by atoms with Crippen LogP contribution < -0.4 is 5.32 Å². The maximum Gasteiger partial charge on any atom is 0.298 e. The molecule has 0 saturated heterocycles. The molecule has 21 heavy (non-hydrogen) atoms. The fraction of sp³-hybridized carbons (Fsp3) is 0.176. The second kappa shape index (κ2) is 6.19. The molecule has 4 heteroatoms. The molecule has 0 heterocycles. The van der Waals surface area contributed by atoms with E-state index in [1.54, 1.807) is 25.1 Å². The first-order chi connectivity index (χ1) is 10.1. The van der Waals surface area contributed by atoms with Gasteiger partial charge in [-0.05, 0) is 12.5 Å². The zero-order chi connectivity index (χ0) is 15.3. The third kappa shape index (κ3) is 3.09. The first-order valence-corrected chi connectivity index (χ1v) is 6.59. The van der Waals surface area contributed by atoms with Crippen LogP contribution in [0.4, 0.5) is 4.39 Å². The van der Waals surface area contributed by atoms with Crippen molar-refractivity contribution in [1.82, 2.24) is 5.32 Å². The second-order valence-corrected chi connectivity index (χ2v) is 4.74. The minimum absolute atomic E-state index is 0.0326. The van der Waals surface area contributed by atoms with E-state index in [-0.39, 0.29) is 11.6 Å². The number of amides is 1. The van der Waals surface area contributed by atoms with Gasteiger partial charge >= 0.3 is 0 Å². The van der Waals surface area contributed by atoms with E-state index in [4.69, 9.17) is 5.26 Å². The first kappa shape index (κ1) is 14.7. The molecular formula is C17H15FN2O. The molecule has 2 atom stereocenters. The van der Waals surface area contributed by atoms with Gasteiger partial charge in [0.2, 0.25) is 0 Å². The molecule has 0 bridgehead atoms. The summed E-state index contributed by atoms with van der Waals surface area (Å²) in [7, 11) is 0. The molecule has 0 saturated carbocycles. The molecule has 106 valence electrons. The van der Waals surface area contributed by atoms with Crippen LogP contribution in [0, 0.1) is 11.3 Å². The molecule has 0 spiro atoms. The van der Waals surface area contributed by atoms with Gasteiger partial charge in [-0.2, -0.15) is 5.26 Å². The van der Waals surface area contributed by atoms with Crippen LogP contribution in [0.15, 0.2) is 60.7 Å². The van der Waals surface area contributed by atoms with Gasteiger partial charge in [0.1, 0.15) is 6.07 Å². The Morgan fingerprint density at radius 3 is 2.19 bits per heavy atom. The van der Waals surface area contributed by atoms with Gasteiger partial charge in [0.25, 0.3) is 11.6 Å². The minimum atomic E-state index is -2.69. The van der Waals surface area contributed by atoms with E-state index in [2.05, 4.69) is 5.32 Å². The Hall–Kier alpha value is -2.67. The fourth-order valence-electron chi connectivity index (χ4n) is 2.04. The highest BCUT2D eigenvalue weighted by atomic mass is 19.1. The largest absolute Gasteiger partial charge is 0.346 e. The number of nitrogens with zero attached hydrogens (tertiary/aromatic N) is 1. The summed E-state index contributed by atoms with van der Waals surface area (Å²) in [6.07, 6.45) is 0. The van der Waals surface area contributed by atoms with Gasteiger partial charge in [0.15, 0.2) is 0 Å². The van der Waals surface area contributed by atoms with Crippen LogP contribution in [0.5, 0.6) is 0 Å². The second-order valence-electron chi connectivity index (χ2n) is 4.74. The van der Waals surface area contributed by atoms with Crippen molar-refractivity contribution in [3.63, 3.8) is 0 Å². The maximum atomic E-state index is 14.7. The summed E-state index contributed by atoms with van der Waals surface area (Å²) < 4.78 is 14.7. The SMILES string of the molecule is CC(NC(=O)C(F)(C#N)c1ccccc1)c1ccccc1. The lowest BCUT2D eigenvalue weighted by Crippen LogP contribution is -2.41. The third-order valence-electron chi connectivity index (χ3n) is 3.29. The molecule has 3 nitrogen and oxygen atoms in total. The quantitative estimate of drug-likeness (QED) is 0.935. The number of carbonyl (C=O) groups excluding carboxylic acids is 1. The zero-order valence-corrected chi connectivity index (χ0v) is 11.6. The molecule has 2 unspecified atom stereocenters. The van der Waals surface area contributed by atoms with Gasteiger partial charge in [-0.25, -0.2) is 4.39 Å². The lowest BCUT2D eigenvalue weighted by Gasteiger charge is -2.21. The van der Waals surface area contributed by atoms with E-state index in [1.165, 1.54) is 18.2 Å². The predicted molar refractivity (Wildman–Crippen MR) is 77.8 cm³/mol. The lowest BCUT2D eigenvalue weighted by molar-refractivity contribution is -0.130. The molecule has 1 N–H and O–H groups in total. The Balaban J connectivity index is 2.21. The maximum absolute atomic E-state index is 14.7. The highest BCUT2D eigenvalue weighted by Gasteiger charge is 2.41. The number of hydrogen-bond donors (Lipinski definition) is 1. The third-order valence-corrected chi connectivity index (χ3v) is 3.29.